The number of hydrogen-bond donors (Lipinski definition) is 1. The molecular formula is C22H39IN4O. The molecule has 1 fully saturated rings. The molecule has 1 saturated heterocycles. The van der Waals surface area contributed by atoms with E-state index in [0.717, 1.165) is 45.2 Å². The minimum Gasteiger partial charge on any atom is -0.370 e. The monoisotopic (exact) mass is 502 g/mol. The fourth-order valence-electron chi connectivity index (χ4n) is 3.49. The highest BCUT2D eigenvalue weighted by Crippen LogP contribution is 2.25. The first-order valence-corrected chi connectivity index (χ1v) is 10.3. The maximum atomic E-state index is 6.07. The van der Waals surface area contributed by atoms with E-state index in [4.69, 9.17) is 4.74 Å². The highest BCUT2D eigenvalue weighted by atomic mass is 127. The molecule has 2 rings (SSSR count). The molecule has 6 heteroatoms. The number of aryl methyl sites for hydroxylation is 2. The third-order valence-corrected chi connectivity index (χ3v) is 5.45. The van der Waals surface area contributed by atoms with Crippen LogP contribution in [0.25, 0.3) is 0 Å². The van der Waals surface area contributed by atoms with Crippen LogP contribution in [0.1, 0.15) is 49.5 Å². The predicted molar refractivity (Wildman–Crippen MR) is 130 cm³/mol. The second-order valence-corrected chi connectivity index (χ2v) is 7.92. The Morgan fingerprint density at radius 2 is 2.07 bits per heavy atom. The Hall–Kier alpha value is -0.860. The number of morpholine rings is 1. The van der Waals surface area contributed by atoms with Gasteiger partial charge < -0.3 is 19.9 Å². The lowest BCUT2D eigenvalue weighted by molar-refractivity contribution is -0.00831. The second-order valence-electron chi connectivity index (χ2n) is 7.92. The summed E-state index contributed by atoms with van der Waals surface area (Å²) in [5, 5.41) is 3.54. The van der Waals surface area contributed by atoms with Gasteiger partial charge in [-0.05, 0) is 65.3 Å². The molecule has 1 aliphatic heterocycles. The van der Waals surface area contributed by atoms with E-state index in [9.17, 15) is 0 Å². The average molecular weight is 502 g/mol. The number of guanidine groups is 1. The summed E-state index contributed by atoms with van der Waals surface area (Å²) >= 11 is 0. The molecule has 0 radical (unpaired) electrons. The molecule has 1 aromatic rings. The predicted octanol–water partition coefficient (Wildman–Crippen LogP) is 3.99. The molecule has 1 unspecified atom stereocenters. The van der Waals surface area contributed by atoms with Crippen molar-refractivity contribution < 1.29 is 4.74 Å². The van der Waals surface area contributed by atoms with Crippen LogP contribution in [0.15, 0.2) is 23.2 Å². The Morgan fingerprint density at radius 3 is 2.71 bits per heavy atom. The zero-order valence-electron chi connectivity index (χ0n) is 18.5. The zero-order valence-corrected chi connectivity index (χ0v) is 20.8. The Bertz CT molecular complexity index is 621. The first-order valence-electron chi connectivity index (χ1n) is 10.3. The van der Waals surface area contributed by atoms with Gasteiger partial charge in [0.15, 0.2) is 5.96 Å². The largest absolute Gasteiger partial charge is 0.370 e. The number of halogens is 1. The van der Waals surface area contributed by atoms with E-state index >= 15 is 0 Å². The molecular weight excluding hydrogens is 463 g/mol. The van der Waals surface area contributed by atoms with Gasteiger partial charge in [0.25, 0.3) is 0 Å². The Labute approximate surface area is 188 Å². The molecule has 1 heterocycles. The van der Waals surface area contributed by atoms with Crippen LogP contribution in [-0.2, 0) is 4.74 Å². The van der Waals surface area contributed by atoms with Gasteiger partial charge in [0.2, 0.25) is 0 Å². The first-order chi connectivity index (χ1) is 12.9. The Kier molecular flexibility index (Phi) is 11.4. The smallest absolute Gasteiger partial charge is 0.193 e. The van der Waals surface area contributed by atoms with Crippen LogP contribution in [0.4, 0.5) is 0 Å². The van der Waals surface area contributed by atoms with Crippen molar-refractivity contribution in [3.63, 3.8) is 0 Å². The molecule has 0 amide bonds. The fourth-order valence-corrected chi connectivity index (χ4v) is 3.49. The van der Waals surface area contributed by atoms with Crippen molar-refractivity contribution in [1.29, 1.82) is 0 Å². The molecule has 160 valence electrons. The second kappa shape index (κ2) is 12.6. The number of aliphatic imine (C=N–C) groups is 1. The van der Waals surface area contributed by atoms with E-state index in [-0.39, 0.29) is 30.1 Å². The molecule has 0 aliphatic carbocycles. The van der Waals surface area contributed by atoms with Crippen molar-refractivity contribution in [2.45, 2.75) is 52.7 Å². The van der Waals surface area contributed by atoms with Crippen LogP contribution in [0.5, 0.6) is 0 Å². The Balaban J connectivity index is 0.00000392. The summed E-state index contributed by atoms with van der Waals surface area (Å²) in [5.41, 5.74) is 3.89. The minimum atomic E-state index is 0. The van der Waals surface area contributed by atoms with E-state index in [1.54, 1.807) is 0 Å². The van der Waals surface area contributed by atoms with Gasteiger partial charge in [-0.2, -0.15) is 0 Å². The number of unbranched alkanes of at least 4 members (excludes halogenated alkanes) is 1. The van der Waals surface area contributed by atoms with Gasteiger partial charge in [-0.1, -0.05) is 23.8 Å². The SMILES string of the molecule is CN=C(NCCCCN(C)C(C)C)N1CCOC(c2ccc(C)cc2C)C1.I. The van der Waals surface area contributed by atoms with Gasteiger partial charge in [-0.15, -0.1) is 24.0 Å². The third kappa shape index (κ3) is 7.52. The lowest BCUT2D eigenvalue weighted by Gasteiger charge is -2.36. The van der Waals surface area contributed by atoms with Gasteiger partial charge in [0.1, 0.15) is 6.10 Å². The number of rotatable bonds is 7. The summed E-state index contributed by atoms with van der Waals surface area (Å²) in [6.45, 7) is 13.4. The van der Waals surface area contributed by atoms with Crippen molar-refractivity contribution in [3.05, 3.63) is 34.9 Å². The molecule has 0 spiro atoms. The number of benzene rings is 1. The van der Waals surface area contributed by atoms with Crippen molar-refractivity contribution in [3.8, 4) is 0 Å². The van der Waals surface area contributed by atoms with Crippen LogP contribution in [0.3, 0.4) is 0 Å². The van der Waals surface area contributed by atoms with Crippen molar-refractivity contribution in [2.75, 3.05) is 46.9 Å². The maximum Gasteiger partial charge on any atom is 0.193 e. The topological polar surface area (TPSA) is 40.1 Å². The molecule has 0 saturated carbocycles. The molecule has 5 nitrogen and oxygen atoms in total. The molecule has 0 aromatic heterocycles. The van der Waals surface area contributed by atoms with E-state index in [1.165, 1.54) is 23.1 Å². The normalized spacial score (nSPS) is 17.8. The fraction of sp³-hybridized carbons (Fsp3) is 0.682. The molecule has 1 aliphatic rings. The van der Waals surface area contributed by atoms with Gasteiger partial charge >= 0.3 is 0 Å². The summed E-state index contributed by atoms with van der Waals surface area (Å²) in [7, 11) is 4.06. The minimum absolute atomic E-state index is 0. The highest BCUT2D eigenvalue weighted by Gasteiger charge is 2.25. The summed E-state index contributed by atoms with van der Waals surface area (Å²) in [5.74, 6) is 0.991. The molecule has 1 atom stereocenters. The van der Waals surface area contributed by atoms with Crippen molar-refractivity contribution in [2.24, 2.45) is 4.99 Å². The highest BCUT2D eigenvalue weighted by molar-refractivity contribution is 14.0. The van der Waals surface area contributed by atoms with E-state index in [0.29, 0.717) is 6.04 Å². The Morgan fingerprint density at radius 1 is 1.32 bits per heavy atom. The molecule has 28 heavy (non-hydrogen) atoms. The van der Waals surface area contributed by atoms with Crippen molar-refractivity contribution in [1.82, 2.24) is 15.1 Å². The summed E-state index contributed by atoms with van der Waals surface area (Å²) < 4.78 is 6.07. The van der Waals surface area contributed by atoms with Gasteiger partial charge in [0, 0.05) is 26.2 Å². The lowest BCUT2D eigenvalue weighted by Crippen LogP contribution is -2.48. The molecule has 0 bridgehead atoms. The van der Waals surface area contributed by atoms with Crippen LogP contribution in [0.2, 0.25) is 0 Å². The van der Waals surface area contributed by atoms with Crippen LogP contribution in [-0.4, -0.2) is 68.7 Å². The number of ether oxygens (including phenoxy) is 1. The van der Waals surface area contributed by atoms with E-state index in [1.807, 2.05) is 7.05 Å². The maximum absolute atomic E-state index is 6.07. The quantitative estimate of drug-likeness (QED) is 0.265. The third-order valence-electron chi connectivity index (χ3n) is 5.45. The summed E-state index contributed by atoms with van der Waals surface area (Å²) in [6.07, 6.45) is 2.46. The van der Waals surface area contributed by atoms with Crippen molar-refractivity contribution >= 4 is 29.9 Å². The van der Waals surface area contributed by atoms with E-state index in [2.05, 4.69) is 73.1 Å². The van der Waals surface area contributed by atoms with Gasteiger partial charge in [-0.25, -0.2) is 0 Å². The average Bonchev–Trinajstić information content (AvgIpc) is 2.64. The number of nitrogens with zero attached hydrogens (tertiary/aromatic N) is 3. The number of hydrogen-bond acceptors (Lipinski definition) is 3. The van der Waals surface area contributed by atoms with Crippen LogP contribution in [0, 0.1) is 13.8 Å². The molecule has 1 N–H and O–H groups in total. The molecule has 1 aromatic carbocycles. The van der Waals surface area contributed by atoms with Gasteiger partial charge in [0.05, 0.1) is 13.2 Å². The first kappa shape index (κ1) is 25.2. The van der Waals surface area contributed by atoms with Gasteiger partial charge in [-0.3, -0.25) is 4.99 Å². The standard InChI is InChI=1S/C22H38N4O.HI/c1-17(2)25(6)12-8-7-11-24-22(23-5)26-13-14-27-21(16-26)20-10-9-18(3)15-19(20)4;/h9-10,15,17,21H,7-8,11-14,16H2,1-6H3,(H,23,24);1H. The zero-order chi connectivity index (χ0) is 19.8. The summed E-state index contributed by atoms with van der Waals surface area (Å²) in [6, 6.07) is 7.23. The van der Waals surface area contributed by atoms with Crippen LogP contribution >= 0.6 is 24.0 Å². The van der Waals surface area contributed by atoms with Crippen LogP contribution < -0.4 is 5.32 Å². The lowest BCUT2D eigenvalue weighted by atomic mass is 10.00. The van der Waals surface area contributed by atoms with E-state index < -0.39 is 0 Å². The number of nitrogens with one attached hydrogen (secondary N) is 1. The summed E-state index contributed by atoms with van der Waals surface area (Å²) in [4.78, 5) is 9.22.